The molecule has 0 atom stereocenters. The molecule has 2 heterocycles. The summed E-state index contributed by atoms with van der Waals surface area (Å²) >= 11 is 6.18. The molecule has 0 aliphatic heterocycles. The van der Waals surface area contributed by atoms with Crippen LogP contribution < -0.4 is 5.43 Å². The molecule has 130 valence electrons. The van der Waals surface area contributed by atoms with Crippen LogP contribution in [0.15, 0.2) is 27.4 Å². The van der Waals surface area contributed by atoms with Crippen molar-refractivity contribution in [2.45, 2.75) is 19.8 Å². The number of aromatic nitrogens is 1. The fraction of sp³-hybridized carbons (Fsp3) is 0.176. The second-order valence-electron chi connectivity index (χ2n) is 5.45. The summed E-state index contributed by atoms with van der Waals surface area (Å²) in [7, 11) is 0. The zero-order chi connectivity index (χ0) is 18.3. The average molecular weight is 408 g/mol. The fourth-order valence-electron chi connectivity index (χ4n) is 2.70. The molecule has 0 aliphatic rings. The molecule has 0 spiro atoms. The van der Waals surface area contributed by atoms with Gasteiger partial charge in [0, 0.05) is 76.1 Å². The number of fused-ring (bicyclic) bond motifs is 2. The van der Waals surface area contributed by atoms with Gasteiger partial charge in [0.05, 0.1) is 15.9 Å². The van der Waals surface area contributed by atoms with Gasteiger partial charge in [-0.2, -0.15) is 0 Å². The van der Waals surface area contributed by atoms with Gasteiger partial charge in [-0.15, -0.1) is 0 Å². The van der Waals surface area contributed by atoms with E-state index in [-0.39, 0.29) is 86.3 Å². The molecule has 2 N–H and O–H groups in total. The summed E-state index contributed by atoms with van der Waals surface area (Å²) in [6.07, 6.45) is 1.05. The number of aromatic carboxylic acids is 2. The van der Waals surface area contributed by atoms with Crippen LogP contribution in [0.2, 0.25) is 5.02 Å². The van der Waals surface area contributed by atoms with E-state index < -0.39 is 23.1 Å². The van der Waals surface area contributed by atoms with Crippen molar-refractivity contribution in [3.63, 3.8) is 0 Å². The molecule has 0 bridgehead atoms. The van der Waals surface area contributed by atoms with Gasteiger partial charge in [-0.1, -0.05) is 24.9 Å². The maximum absolute atomic E-state index is 12.3. The number of benzene rings is 1. The van der Waals surface area contributed by atoms with Crippen LogP contribution in [0.1, 0.15) is 40.0 Å². The van der Waals surface area contributed by atoms with Crippen molar-refractivity contribution in [3.8, 4) is 0 Å². The van der Waals surface area contributed by atoms with Gasteiger partial charge in [-0.3, -0.25) is 4.79 Å². The summed E-state index contributed by atoms with van der Waals surface area (Å²) in [5, 5.41) is 19.0. The smallest absolute Gasteiger partial charge is 0.371 e. The summed E-state index contributed by atoms with van der Waals surface area (Å²) in [6.45, 7) is 1.88. The molecule has 0 fully saturated rings. The molecule has 0 saturated heterocycles. The number of carboxylic acid groups (broad SMARTS) is 2. The van der Waals surface area contributed by atoms with Gasteiger partial charge in [0.15, 0.2) is 5.43 Å². The Hall–Kier alpha value is -0.930. The SMILES string of the molecule is CCCc1c2nc(C(=O)O)cc(Cl)c2cc2c(=O)cc(C(=O)O)oc12.[Na].[Na]. The van der Waals surface area contributed by atoms with Gasteiger partial charge >= 0.3 is 11.9 Å². The quantitative estimate of drug-likeness (QED) is 0.504. The van der Waals surface area contributed by atoms with Gasteiger partial charge in [-0.05, 0) is 18.6 Å². The zero-order valence-electron chi connectivity index (χ0n) is 15.0. The van der Waals surface area contributed by atoms with E-state index in [0.717, 1.165) is 6.07 Å². The van der Waals surface area contributed by atoms with Crippen molar-refractivity contribution in [2.75, 3.05) is 0 Å². The van der Waals surface area contributed by atoms with Crippen LogP contribution in [0.5, 0.6) is 0 Å². The minimum absolute atomic E-state index is 0. The maximum Gasteiger partial charge on any atom is 0.371 e. The number of carboxylic acids is 2. The van der Waals surface area contributed by atoms with Crippen LogP contribution in [0.4, 0.5) is 0 Å². The molecular weight excluding hydrogens is 396 g/mol. The van der Waals surface area contributed by atoms with Gasteiger partial charge in [0.1, 0.15) is 11.3 Å². The molecule has 1 aromatic carbocycles. The van der Waals surface area contributed by atoms with Crippen LogP contribution in [-0.4, -0.2) is 86.3 Å². The number of halogens is 1. The van der Waals surface area contributed by atoms with E-state index in [0.29, 0.717) is 23.8 Å². The third-order valence-electron chi connectivity index (χ3n) is 3.77. The molecule has 0 amide bonds. The Labute approximate surface area is 202 Å². The summed E-state index contributed by atoms with van der Waals surface area (Å²) in [6, 6.07) is 3.56. The van der Waals surface area contributed by atoms with Crippen molar-refractivity contribution in [1.82, 2.24) is 4.98 Å². The third-order valence-corrected chi connectivity index (χ3v) is 4.08. The van der Waals surface area contributed by atoms with E-state index in [1.165, 1.54) is 12.1 Å². The van der Waals surface area contributed by atoms with Crippen molar-refractivity contribution >= 4 is 105 Å². The number of nitrogens with zero attached hydrogens (tertiary/aromatic N) is 1. The van der Waals surface area contributed by atoms with Crippen LogP contribution in [0, 0.1) is 0 Å². The third kappa shape index (κ3) is 4.56. The van der Waals surface area contributed by atoms with E-state index in [1.807, 2.05) is 6.92 Å². The predicted octanol–water partition coefficient (Wildman–Crippen LogP) is 2.58. The van der Waals surface area contributed by atoms with Crippen LogP contribution in [0.3, 0.4) is 0 Å². The van der Waals surface area contributed by atoms with E-state index >= 15 is 0 Å². The monoisotopic (exact) mass is 407 g/mol. The number of hydrogen-bond acceptors (Lipinski definition) is 5. The van der Waals surface area contributed by atoms with Crippen molar-refractivity contribution in [2.24, 2.45) is 0 Å². The molecule has 7 nitrogen and oxygen atoms in total. The standard InChI is InChI=1S/C17H12ClNO6.2Na/c1-2-3-7-14-8(10(18)5-11(19-14)16(21)22)4-9-12(20)6-13(17(23)24)25-15(7)9;;/h4-6H,2-3H2,1H3,(H,21,22)(H,23,24);;. The van der Waals surface area contributed by atoms with Gasteiger partial charge < -0.3 is 14.6 Å². The number of pyridine rings is 1. The number of aryl methyl sites for hydroxylation is 1. The van der Waals surface area contributed by atoms with Gasteiger partial charge in [-0.25, -0.2) is 14.6 Å². The molecule has 0 aliphatic carbocycles. The first-order chi connectivity index (χ1) is 11.8. The molecule has 3 aromatic rings. The first-order valence-electron chi connectivity index (χ1n) is 7.40. The molecule has 10 heteroatoms. The van der Waals surface area contributed by atoms with E-state index in [2.05, 4.69) is 4.98 Å². The minimum atomic E-state index is -1.37. The number of hydrogen-bond donors (Lipinski definition) is 2. The molecule has 27 heavy (non-hydrogen) atoms. The Kier molecular flexibility index (Phi) is 8.50. The largest absolute Gasteiger partial charge is 0.477 e. The van der Waals surface area contributed by atoms with E-state index in [9.17, 15) is 19.5 Å². The maximum atomic E-state index is 12.3. The Morgan fingerprint density at radius 3 is 2.33 bits per heavy atom. The second kappa shape index (κ2) is 9.52. The van der Waals surface area contributed by atoms with Crippen molar-refractivity contribution in [3.05, 3.63) is 50.5 Å². The minimum Gasteiger partial charge on any atom is -0.477 e. The zero-order valence-corrected chi connectivity index (χ0v) is 19.8. The Balaban J connectivity index is 0.00000182. The van der Waals surface area contributed by atoms with Crippen molar-refractivity contribution in [1.29, 1.82) is 0 Å². The van der Waals surface area contributed by atoms with Crippen LogP contribution in [0.25, 0.3) is 21.9 Å². The molecule has 0 saturated carbocycles. The Morgan fingerprint density at radius 2 is 1.78 bits per heavy atom. The van der Waals surface area contributed by atoms with Gasteiger partial charge in [0.25, 0.3) is 0 Å². The number of rotatable bonds is 4. The first-order valence-corrected chi connectivity index (χ1v) is 7.77. The normalized spacial score (nSPS) is 10.3. The Morgan fingerprint density at radius 1 is 1.11 bits per heavy atom. The molecule has 2 aromatic heterocycles. The molecular formula is C17H12ClNNa2O6. The summed E-state index contributed by atoms with van der Waals surface area (Å²) in [5.74, 6) is -3.10. The summed E-state index contributed by atoms with van der Waals surface area (Å²) in [5.41, 5.74) is 0.0673. The van der Waals surface area contributed by atoms with Crippen LogP contribution in [-0.2, 0) is 6.42 Å². The second-order valence-corrected chi connectivity index (χ2v) is 5.86. The summed E-state index contributed by atoms with van der Waals surface area (Å²) < 4.78 is 5.41. The first kappa shape index (κ1) is 24.1. The van der Waals surface area contributed by atoms with E-state index in [4.69, 9.17) is 21.1 Å². The molecule has 3 rings (SSSR count). The topological polar surface area (TPSA) is 118 Å². The summed E-state index contributed by atoms with van der Waals surface area (Å²) in [4.78, 5) is 38.9. The van der Waals surface area contributed by atoms with Crippen LogP contribution >= 0.6 is 11.6 Å². The van der Waals surface area contributed by atoms with Crippen molar-refractivity contribution < 1.29 is 24.2 Å². The average Bonchev–Trinajstić information content (AvgIpc) is 2.55. The fourth-order valence-corrected chi connectivity index (χ4v) is 2.95. The van der Waals surface area contributed by atoms with Gasteiger partial charge in [0.2, 0.25) is 5.76 Å². The van der Waals surface area contributed by atoms with E-state index in [1.54, 1.807) is 0 Å². The number of carbonyl (C=O) groups is 2. The molecule has 0 unspecified atom stereocenters. The Bertz CT molecular complexity index is 1110. The molecule has 2 radical (unpaired) electrons. The predicted molar refractivity (Wildman–Crippen MR) is 102 cm³/mol.